The van der Waals surface area contributed by atoms with Gasteiger partial charge in [0.1, 0.15) is 5.82 Å². The van der Waals surface area contributed by atoms with Gasteiger partial charge in [0.25, 0.3) is 5.69 Å². The number of nitrogens with one attached hydrogen (secondary N) is 2. The molecule has 0 unspecified atom stereocenters. The average molecular weight is 529 g/mol. The Kier molecular flexibility index (Phi) is 10.7. The Labute approximate surface area is 191 Å². The molecule has 2 aromatic rings. The van der Waals surface area contributed by atoms with Crippen molar-refractivity contribution >= 4 is 41.5 Å². The lowest BCUT2D eigenvalue weighted by Gasteiger charge is -2.15. The van der Waals surface area contributed by atoms with Crippen LogP contribution in [0.15, 0.2) is 53.5 Å². The van der Waals surface area contributed by atoms with Crippen molar-refractivity contribution in [2.45, 2.75) is 13.0 Å². The van der Waals surface area contributed by atoms with E-state index in [1.165, 1.54) is 23.1 Å². The maximum Gasteiger partial charge on any atom is 0.269 e. The lowest BCUT2D eigenvalue weighted by Crippen LogP contribution is -2.43. The molecule has 0 radical (unpaired) electrons. The second-order valence-electron chi connectivity index (χ2n) is 6.50. The summed E-state index contributed by atoms with van der Waals surface area (Å²) in [6, 6.07) is 12.6. The Morgan fingerprint density at radius 2 is 1.80 bits per heavy atom. The standard InChI is InChI=1S/C20H24FN5O3.HI/c1-25(2)19(27)14-24-20(22-12-11-16-5-3-4-6-18(16)21)23-13-15-7-9-17(10-8-15)26(28)29;/h3-10H,11-14H2,1-2H3,(H2,22,23,24);1H. The Morgan fingerprint density at radius 3 is 2.40 bits per heavy atom. The molecular weight excluding hydrogens is 504 g/mol. The van der Waals surface area contributed by atoms with Crippen LogP contribution in [0, 0.1) is 15.9 Å². The molecule has 0 aliphatic heterocycles. The van der Waals surface area contributed by atoms with E-state index in [0.717, 1.165) is 5.56 Å². The summed E-state index contributed by atoms with van der Waals surface area (Å²) in [5.41, 5.74) is 1.37. The number of carbonyl (C=O) groups is 1. The fraction of sp³-hybridized carbons (Fsp3) is 0.300. The van der Waals surface area contributed by atoms with Crippen LogP contribution in [0.25, 0.3) is 0 Å². The highest BCUT2D eigenvalue weighted by atomic mass is 127. The van der Waals surface area contributed by atoms with Gasteiger partial charge in [-0.1, -0.05) is 30.3 Å². The summed E-state index contributed by atoms with van der Waals surface area (Å²) in [6.07, 6.45) is 0.451. The van der Waals surface area contributed by atoms with Crippen LogP contribution >= 0.6 is 24.0 Å². The number of aliphatic imine (C=N–C) groups is 1. The number of nitrogens with zero attached hydrogens (tertiary/aromatic N) is 3. The number of non-ortho nitro benzene ring substituents is 1. The van der Waals surface area contributed by atoms with Crippen LogP contribution < -0.4 is 10.6 Å². The number of amides is 1. The van der Waals surface area contributed by atoms with E-state index >= 15 is 0 Å². The lowest BCUT2D eigenvalue weighted by atomic mass is 10.1. The van der Waals surface area contributed by atoms with E-state index < -0.39 is 4.92 Å². The summed E-state index contributed by atoms with van der Waals surface area (Å²) >= 11 is 0. The van der Waals surface area contributed by atoms with Crippen LogP contribution in [-0.2, 0) is 17.8 Å². The van der Waals surface area contributed by atoms with Crippen LogP contribution in [0.4, 0.5) is 10.1 Å². The SMILES string of the molecule is CN(C)C(=O)CNC(=NCc1ccc([N+](=O)[O-])cc1)NCCc1ccccc1F.I. The summed E-state index contributed by atoms with van der Waals surface area (Å²) in [5.74, 6) is 0.00763. The van der Waals surface area contributed by atoms with Gasteiger partial charge >= 0.3 is 0 Å². The zero-order chi connectivity index (χ0) is 21.2. The smallest absolute Gasteiger partial charge is 0.269 e. The van der Waals surface area contributed by atoms with Crippen LogP contribution in [0.5, 0.6) is 0 Å². The fourth-order valence-electron chi connectivity index (χ4n) is 2.40. The topological polar surface area (TPSA) is 99.9 Å². The molecule has 8 nitrogen and oxygen atoms in total. The molecule has 1 amide bonds. The molecule has 0 spiro atoms. The molecule has 0 aliphatic carbocycles. The predicted octanol–water partition coefficient (Wildman–Crippen LogP) is 2.72. The second kappa shape index (κ2) is 12.7. The largest absolute Gasteiger partial charge is 0.356 e. The zero-order valence-electron chi connectivity index (χ0n) is 16.8. The normalized spacial score (nSPS) is 10.7. The van der Waals surface area contributed by atoms with Crippen LogP contribution in [0.2, 0.25) is 0 Å². The lowest BCUT2D eigenvalue weighted by molar-refractivity contribution is -0.384. The van der Waals surface area contributed by atoms with Crippen molar-refractivity contribution in [3.8, 4) is 0 Å². The first-order valence-electron chi connectivity index (χ1n) is 9.06. The van der Waals surface area contributed by atoms with Gasteiger partial charge in [-0.05, 0) is 23.6 Å². The fourth-order valence-corrected chi connectivity index (χ4v) is 2.40. The molecule has 0 heterocycles. The van der Waals surface area contributed by atoms with Gasteiger partial charge in [0.15, 0.2) is 5.96 Å². The van der Waals surface area contributed by atoms with Crippen LogP contribution in [0.3, 0.4) is 0 Å². The van der Waals surface area contributed by atoms with Crippen LogP contribution in [0.1, 0.15) is 11.1 Å². The Balaban J connectivity index is 0.00000450. The summed E-state index contributed by atoms with van der Waals surface area (Å²) < 4.78 is 13.7. The molecule has 162 valence electrons. The van der Waals surface area contributed by atoms with Gasteiger partial charge in [0.2, 0.25) is 5.91 Å². The van der Waals surface area contributed by atoms with Gasteiger partial charge in [-0.15, -0.1) is 24.0 Å². The number of halogens is 2. The second-order valence-corrected chi connectivity index (χ2v) is 6.50. The van der Waals surface area contributed by atoms with Crippen LogP contribution in [-0.4, -0.2) is 48.9 Å². The maximum absolute atomic E-state index is 13.7. The first-order chi connectivity index (χ1) is 13.9. The zero-order valence-corrected chi connectivity index (χ0v) is 19.1. The number of nitro groups is 1. The number of likely N-dealkylation sites (N-methyl/N-ethyl adjacent to an activating group) is 1. The maximum atomic E-state index is 13.7. The summed E-state index contributed by atoms with van der Waals surface area (Å²) in [6.45, 7) is 0.741. The van der Waals surface area contributed by atoms with Gasteiger partial charge in [0.05, 0.1) is 18.0 Å². The third-order valence-electron chi connectivity index (χ3n) is 4.12. The first kappa shape index (κ1) is 25.3. The molecule has 2 aromatic carbocycles. The van der Waals surface area contributed by atoms with E-state index in [9.17, 15) is 19.3 Å². The van der Waals surface area contributed by atoms with Crippen molar-refractivity contribution in [2.75, 3.05) is 27.2 Å². The molecule has 2 N–H and O–H groups in total. The monoisotopic (exact) mass is 529 g/mol. The third kappa shape index (κ3) is 8.31. The summed E-state index contributed by atoms with van der Waals surface area (Å²) in [7, 11) is 3.31. The molecular formula is C20H25FIN5O3. The summed E-state index contributed by atoms with van der Waals surface area (Å²) in [4.78, 5) is 28.0. The van der Waals surface area contributed by atoms with Crippen molar-refractivity contribution in [1.82, 2.24) is 15.5 Å². The highest BCUT2D eigenvalue weighted by molar-refractivity contribution is 14.0. The molecule has 0 fully saturated rings. The number of nitro benzene ring substituents is 1. The minimum Gasteiger partial charge on any atom is -0.356 e. The number of rotatable bonds is 8. The highest BCUT2D eigenvalue weighted by Crippen LogP contribution is 2.12. The molecule has 0 aliphatic rings. The number of hydrogen-bond acceptors (Lipinski definition) is 4. The Hall–Kier alpha value is -2.76. The number of hydrogen-bond donors (Lipinski definition) is 2. The molecule has 0 atom stereocenters. The van der Waals surface area contributed by atoms with E-state index in [0.29, 0.717) is 24.5 Å². The highest BCUT2D eigenvalue weighted by Gasteiger charge is 2.08. The molecule has 30 heavy (non-hydrogen) atoms. The minimum absolute atomic E-state index is 0. The number of guanidine groups is 1. The predicted molar refractivity (Wildman–Crippen MR) is 124 cm³/mol. The Bertz CT molecular complexity index is 875. The first-order valence-corrected chi connectivity index (χ1v) is 9.06. The number of carbonyl (C=O) groups excluding carboxylic acids is 1. The Morgan fingerprint density at radius 1 is 1.13 bits per heavy atom. The van der Waals surface area contributed by atoms with Gasteiger partial charge < -0.3 is 15.5 Å². The average Bonchev–Trinajstić information content (AvgIpc) is 2.70. The molecule has 0 aromatic heterocycles. The van der Waals surface area contributed by atoms with Gasteiger partial charge in [0, 0.05) is 32.8 Å². The molecule has 0 saturated heterocycles. The van der Waals surface area contributed by atoms with Gasteiger partial charge in [-0.3, -0.25) is 14.9 Å². The van der Waals surface area contributed by atoms with Gasteiger partial charge in [-0.25, -0.2) is 9.38 Å². The van der Waals surface area contributed by atoms with E-state index in [1.54, 1.807) is 44.4 Å². The van der Waals surface area contributed by atoms with Crippen molar-refractivity contribution in [3.05, 3.63) is 75.6 Å². The van der Waals surface area contributed by atoms with E-state index in [1.807, 2.05) is 0 Å². The number of benzene rings is 2. The van der Waals surface area contributed by atoms with Gasteiger partial charge in [-0.2, -0.15) is 0 Å². The molecule has 10 heteroatoms. The molecule has 0 bridgehead atoms. The molecule has 0 saturated carbocycles. The van der Waals surface area contributed by atoms with Crippen molar-refractivity contribution in [1.29, 1.82) is 0 Å². The van der Waals surface area contributed by atoms with E-state index in [-0.39, 0.29) is 54.5 Å². The third-order valence-corrected chi connectivity index (χ3v) is 4.12. The quantitative estimate of drug-likeness (QED) is 0.180. The van der Waals surface area contributed by atoms with E-state index in [4.69, 9.17) is 0 Å². The summed E-state index contributed by atoms with van der Waals surface area (Å²) in [5, 5.41) is 16.8. The minimum atomic E-state index is -0.461. The molecule has 2 rings (SSSR count). The van der Waals surface area contributed by atoms with Crippen molar-refractivity contribution in [3.63, 3.8) is 0 Å². The van der Waals surface area contributed by atoms with Crippen molar-refractivity contribution in [2.24, 2.45) is 4.99 Å². The van der Waals surface area contributed by atoms with Crippen molar-refractivity contribution < 1.29 is 14.1 Å². The van der Waals surface area contributed by atoms with E-state index in [2.05, 4.69) is 15.6 Å².